The minimum atomic E-state index is 0. The van der Waals surface area contributed by atoms with Crippen molar-refractivity contribution < 1.29 is 4.74 Å². The van der Waals surface area contributed by atoms with Crippen LogP contribution in [0.2, 0.25) is 0 Å². The van der Waals surface area contributed by atoms with E-state index in [2.05, 4.69) is 53.2 Å². The Kier molecular flexibility index (Phi) is 12.8. The molecule has 1 aromatic rings. The van der Waals surface area contributed by atoms with E-state index >= 15 is 0 Å². The molecule has 1 aromatic carbocycles. The van der Waals surface area contributed by atoms with Gasteiger partial charge < -0.3 is 19.9 Å². The molecule has 176 valence electrons. The predicted molar refractivity (Wildman–Crippen MR) is 141 cm³/mol. The Morgan fingerprint density at radius 1 is 1.10 bits per heavy atom. The molecule has 2 aliphatic rings. The van der Waals surface area contributed by atoms with Crippen molar-refractivity contribution in [1.29, 1.82) is 0 Å². The van der Waals surface area contributed by atoms with E-state index in [1.807, 2.05) is 6.07 Å². The second-order valence-electron chi connectivity index (χ2n) is 9.07. The molecule has 0 amide bonds. The fourth-order valence-electron chi connectivity index (χ4n) is 4.42. The van der Waals surface area contributed by atoms with Crippen molar-refractivity contribution in [1.82, 2.24) is 15.1 Å². The minimum absolute atomic E-state index is 0. The Hall–Kier alpha value is -0.860. The Bertz CT molecular complexity index is 619. The molecule has 0 spiro atoms. The van der Waals surface area contributed by atoms with Crippen LogP contribution < -0.4 is 5.32 Å². The van der Waals surface area contributed by atoms with Gasteiger partial charge in [-0.2, -0.15) is 0 Å². The van der Waals surface area contributed by atoms with Crippen molar-refractivity contribution in [3.63, 3.8) is 0 Å². The zero-order valence-corrected chi connectivity index (χ0v) is 21.9. The second-order valence-corrected chi connectivity index (χ2v) is 9.07. The largest absolute Gasteiger partial charge is 0.376 e. The topological polar surface area (TPSA) is 40.1 Å². The number of benzene rings is 1. The van der Waals surface area contributed by atoms with E-state index in [9.17, 15) is 0 Å². The Morgan fingerprint density at radius 3 is 2.61 bits per heavy atom. The van der Waals surface area contributed by atoms with Gasteiger partial charge in [-0.25, -0.2) is 0 Å². The molecule has 2 fully saturated rings. The molecular weight excluding hydrogens is 499 g/mol. The molecule has 2 heterocycles. The number of guanidine groups is 1. The molecule has 1 atom stereocenters. The summed E-state index contributed by atoms with van der Waals surface area (Å²) in [6.45, 7) is 13.9. The molecule has 0 bridgehead atoms. The third kappa shape index (κ3) is 9.66. The lowest BCUT2D eigenvalue weighted by molar-refractivity contribution is 0.0906. The van der Waals surface area contributed by atoms with Gasteiger partial charge in [-0.1, -0.05) is 37.3 Å². The normalized spacial score (nSPS) is 20.6. The monoisotopic (exact) mass is 542 g/mol. The van der Waals surface area contributed by atoms with Gasteiger partial charge in [0.15, 0.2) is 5.96 Å². The molecule has 3 rings (SSSR count). The Morgan fingerprint density at radius 2 is 1.87 bits per heavy atom. The van der Waals surface area contributed by atoms with E-state index in [-0.39, 0.29) is 24.0 Å². The van der Waals surface area contributed by atoms with Crippen LogP contribution >= 0.6 is 24.0 Å². The van der Waals surface area contributed by atoms with Crippen molar-refractivity contribution >= 4 is 29.9 Å². The summed E-state index contributed by atoms with van der Waals surface area (Å²) in [5.74, 6) is 2.61. The number of aliphatic imine (C=N–C) groups is 1. The number of rotatable bonds is 10. The van der Waals surface area contributed by atoms with Crippen molar-refractivity contribution in [2.24, 2.45) is 16.8 Å². The van der Waals surface area contributed by atoms with Crippen LogP contribution in [0, 0.1) is 11.8 Å². The third-order valence-electron chi connectivity index (χ3n) is 6.41. The van der Waals surface area contributed by atoms with Gasteiger partial charge in [-0.15, -0.1) is 24.0 Å². The summed E-state index contributed by atoms with van der Waals surface area (Å²) in [7, 11) is 0. The molecule has 0 aliphatic carbocycles. The van der Waals surface area contributed by atoms with Gasteiger partial charge in [0.25, 0.3) is 0 Å². The van der Waals surface area contributed by atoms with Gasteiger partial charge in [-0.05, 0) is 70.1 Å². The van der Waals surface area contributed by atoms with Crippen LogP contribution in [0.5, 0.6) is 0 Å². The van der Waals surface area contributed by atoms with Crippen molar-refractivity contribution in [3.8, 4) is 0 Å². The highest BCUT2D eigenvalue weighted by molar-refractivity contribution is 14.0. The van der Waals surface area contributed by atoms with Crippen LogP contribution in [0.3, 0.4) is 0 Å². The maximum absolute atomic E-state index is 5.98. The van der Waals surface area contributed by atoms with E-state index in [1.54, 1.807) is 0 Å². The van der Waals surface area contributed by atoms with E-state index in [0.717, 1.165) is 44.7 Å². The summed E-state index contributed by atoms with van der Waals surface area (Å²) < 4.78 is 5.98. The number of halogens is 1. The Balaban J connectivity index is 0.00000341. The molecule has 31 heavy (non-hydrogen) atoms. The summed E-state index contributed by atoms with van der Waals surface area (Å²) in [5.41, 5.74) is 1.25. The molecule has 0 radical (unpaired) electrons. The summed E-state index contributed by atoms with van der Waals surface area (Å²) in [6.07, 6.45) is 6.36. The first kappa shape index (κ1) is 26.4. The first-order valence-corrected chi connectivity index (χ1v) is 12.1. The van der Waals surface area contributed by atoms with E-state index < -0.39 is 0 Å². The molecule has 0 aromatic heterocycles. The third-order valence-corrected chi connectivity index (χ3v) is 6.41. The standard InChI is InChI=1S/C25H42N4O.HI/c1-3-26-25(27-14-7-8-15-28-16-11-22(2)12-17-28)29-18-13-24(19-29)21-30-20-23-9-5-4-6-10-23;/h4-6,9-10,22,24H,3,7-8,11-21H2,1-2H3,(H,26,27);1H. The molecule has 2 saturated heterocycles. The first-order chi connectivity index (χ1) is 14.7. The second kappa shape index (κ2) is 15.1. The molecular formula is C25H43IN4O. The van der Waals surface area contributed by atoms with Crippen LogP contribution in [0.1, 0.15) is 51.5 Å². The molecule has 5 nitrogen and oxygen atoms in total. The highest BCUT2D eigenvalue weighted by Crippen LogP contribution is 2.18. The van der Waals surface area contributed by atoms with E-state index in [4.69, 9.17) is 9.73 Å². The zero-order valence-electron chi connectivity index (χ0n) is 19.6. The smallest absolute Gasteiger partial charge is 0.193 e. The lowest BCUT2D eigenvalue weighted by Crippen LogP contribution is -2.40. The lowest BCUT2D eigenvalue weighted by Gasteiger charge is -2.30. The maximum Gasteiger partial charge on any atom is 0.193 e. The van der Waals surface area contributed by atoms with E-state index in [0.29, 0.717) is 12.5 Å². The average molecular weight is 543 g/mol. The number of unbranched alkanes of at least 4 members (excludes halogenated alkanes) is 1. The van der Waals surface area contributed by atoms with Crippen molar-refractivity contribution in [2.45, 2.75) is 52.6 Å². The Labute approximate surface area is 207 Å². The van der Waals surface area contributed by atoms with Gasteiger partial charge in [0.2, 0.25) is 0 Å². The van der Waals surface area contributed by atoms with E-state index in [1.165, 1.54) is 57.3 Å². The average Bonchev–Trinajstić information content (AvgIpc) is 3.23. The minimum Gasteiger partial charge on any atom is -0.376 e. The van der Waals surface area contributed by atoms with Crippen LogP contribution in [-0.2, 0) is 11.3 Å². The summed E-state index contributed by atoms with van der Waals surface area (Å²) in [6, 6.07) is 10.4. The van der Waals surface area contributed by atoms with Gasteiger partial charge in [-0.3, -0.25) is 4.99 Å². The van der Waals surface area contributed by atoms with Crippen molar-refractivity contribution in [2.75, 3.05) is 52.4 Å². The van der Waals surface area contributed by atoms with Crippen LogP contribution in [0.15, 0.2) is 35.3 Å². The number of nitrogens with zero attached hydrogens (tertiary/aromatic N) is 3. The number of nitrogens with one attached hydrogen (secondary N) is 1. The molecule has 0 saturated carbocycles. The fourth-order valence-corrected chi connectivity index (χ4v) is 4.42. The quantitative estimate of drug-likeness (QED) is 0.203. The van der Waals surface area contributed by atoms with Gasteiger partial charge in [0, 0.05) is 32.1 Å². The predicted octanol–water partition coefficient (Wildman–Crippen LogP) is 4.62. The molecule has 1 unspecified atom stereocenters. The van der Waals surface area contributed by atoms with Gasteiger partial charge in [0.1, 0.15) is 0 Å². The molecule has 6 heteroatoms. The zero-order chi connectivity index (χ0) is 21.0. The van der Waals surface area contributed by atoms with Crippen molar-refractivity contribution in [3.05, 3.63) is 35.9 Å². The lowest BCUT2D eigenvalue weighted by atomic mass is 9.99. The number of piperidine rings is 1. The summed E-state index contributed by atoms with van der Waals surface area (Å²) in [4.78, 5) is 9.98. The summed E-state index contributed by atoms with van der Waals surface area (Å²) >= 11 is 0. The molecule has 2 aliphatic heterocycles. The highest BCUT2D eigenvalue weighted by atomic mass is 127. The van der Waals surface area contributed by atoms with Gasteiger partial charge >= 0.3 is 0 Å². The SMILES string of the molecule is CCNC(=NCCCCN1CCC(C)CC1)N1CCC(COCc2ccccc2)C1.I. The fraction of sp³-hybridized carbons (Fsp3) is 0.720. The number of hydrogen-bond donors (Lipinski definition) is 1. The van der Waals surface area contributed by atoms with Gasteiger partial charge in [0.05, 0.1) is 13.2 Å². The molecule has 1 N–H and O–H groups in total. The number of hydrogen-bond acceptors (Lipinski definition) is 3. The van der Waals surface area contributed by atoms with Crippen LogP contribution in [-0.4, -0.2) is 68.2 Å². The summed E-state index contributed by atoms with van der Waals surface area (Å²) in [5, 5.41) is 3.50. The number of likely N-dealkylation sites (tertiary alicyclic amines) is 2. The van der Waals surface area contributed by atoms with Crippen LogP contribution in [0.25, 0.3) is 0 Å². The maximum atomic E-state index is 5.98. The first-order valence-electron chi connectivity index (χ1n) is 12.1. The van der Waals surface area contributed by atoms with Crippen LogP contribution in [0.4, 0.5) is 0 Å². The number of ether oxygens (including phenoxy) is 1. The highest BCUT2D eigenvalue weighted by Gasteiger charge is 2.25.